The van der Waals surface area contributed by atoms with E-state index in [1.165, 1.54) is 0 Å². The molecule has 0 aliphatic carbocycles. The highest BCUT2D eigenvalue weighted by Gasteiger charge is 2.11. The molecule has 0 saturated heterocycles. The predicted octanol–water partition coefficient (Wildman–Crippen LogP) is 3.03. The van der Waals surface area contributed by atoms with Crippen LogP contribution in [0.4, 0.5) is 0 Å². The zero-order valence-electron chi connectivity index (χ0n) is 15.3. The topological polar surface area (TPSA) is 79.4 Å². The van der Waals surface area contributed by atoms with Crippen molar-refractivity contribution in [2.75, 3.05) is 20.6 Å². The molecule has 0 radical (unpaired) electrons. The largest absolute Gasteiger partial charge is 0.356 e. The maximum Gasteiger partial charge on any atom is 0.276 e. The van der Waals surface area contributed by atoms with Crippen molar-refractivity contribution >= 4 is 17.6 Å². The van der Waals surface area contributed by atoms with Crippen LogP contribution in [0.25, 0.3) is 11.6 Å². The summed E-state index contributed by atoms with van der Waals surface area (Å²) >= 11 is 6.05. The van der Waals surface area contributed by atoms with E-state index in [9.17, 15) is 0 Å². The van der Waals surface area contributed by atoms with Gasteiger partial charge in [0, 0.05) is 44.8 Å². The van der Waals surface area contributed by atoms with Gasteiger partial charge in [0.15, 0.2) is 11.8 Å². The minimum atomic E-state index is 0.424. The molecular weight excluding hydrogens is 364 g/mol. The summed E-state index contributed by atoms with van der Waals surface area (Å²) < 4.78 is 5.27. The van der Waals surface area contributed by atoms with Crippen molar-refractivity contribution in [3.05, 3.63) is 65.1 Å². The molecule has 0 aliphatic rings. The quantitative estimate of drug-likeness (QED) is 0.519. The third-order valence-corrected chi connectivity index (χ3v) is 4.10. The van der Waals surface area contributed by atoms with Gasteiger partial charge in [-0.2, -0.15) is 4.98 Å². The number of halogens is 1. The summed E-state index contributed by atoms with van der Waals surface area (Å²) in [6, 6.07) is 13.4. The number of hydrogen-bond acceptors (Lipinski definition) is 5. The van der Waals surface area contributed by atoms with Crippen LogP contribution in [0.2, 0.25) is 5.02 Å². The van der Waals surface area contributed by atoms with E-state index < -0.39 is 0 Å². The molecule has 7 nitrogen and oxygen atoms in total. The molecule has 1 N–H and O–H groups in total. The van der Waals surface area contributed by atoms with E-state index in [2.05, 4.69) is 25.4 Å². The van der Waals surface area contributed by atoms with Crippen molar-refractivity contribution < 1.29 is 4.52 Å². The van der Waals surface area contributed by atoms with Gasteiger partial charge in [0.05, 0.1) is 0 Å². The maximum absolute atomic E-state index is 6.05. The Balaban J connectivity index is 1.52. The second kappa shape index (κ2) is 9.14. The molecule has 2 aromatic heterocycles. The van der Waals surface area contributed by atoms with Crippen LogP contribution < -0.4 is 5.32 Å². The first-order valence-corrected chi connectivity index (χ1v) is 8.93. The molecule has 0 unspecified atom stereocenters. The third-order valence-electron chi connectivity index (χ3n) is 3.87. The minimum absolute atomic E-state index is 0.424. The third kappa shape index (κ3) is 5.27. The average molecular weight is 385 g/mol. The molecule has 0 amide bonds. The van der Waals surface area contributed by atoms with E-state index in [-0.39, 0.29) is 0 Å². The zero-order valence-corrected chi connectivity index (χ0v) is 16.0. The van der Waals surface area contributed by atoms with Gasteiger partial charge in [0.25, 0.3) is 5.89 Å². The Morgan fingerprint density at radius 2 is 2.15 bits per heavy atom. The second-order valence-corrected chi connectivity index (χ2v) is 6.38. The fourth-order valence-electron chi connectivity index (χ4n) is 2.60. The van der Waals surface area contributed by atoms with Gasteiger partial charge in [-0.25, -0.2) is 0 Å². The molecule has 140 valence electrons. The first-order valence-electron chi connectivity index (χ1n) is 8.56. The molecule has 8 heteroatoms. The first-order chi connectivity index (χ1) is 13.2. The van der Waals surface area contributed by atoms with E-state index in [4.69, 9.17) is 16.1 Å². The number of pyridine rings is 1. The Bertz CT molecular complexity index is 896. The van der Waals surface area contributed by atoms with Gasteiger partial charge in [0.1, 0.15) is 5.69 Å². The zero-order chi connectivity index (χ0) is 19.1. The molecule has 27 heavy (non-hydrogen) atoms. The molecule has 0 fully saturated rings. The van der Waals surface area contributed by atoms with Crippen molar-refractivity contribution in [2.45, 2.75) is 13.0 Å². The lowest BCUT2D eigenvalue weighted by Crippen LogP contribution is -2.39. The Labute approximate surface area is 163 Å². The van der Waals surface area contributed by atoms with Gasteiger partial charge in [-0.15, -0.1) is 0 Å². The molecule has 0 saturated carbocycles. The molecule has 0 aliphatic heterocycles. The first kappa shape index (κ1) is 18.8. The molecular formula is C19H21ClN6O. The number of guanidine groups is 1. The fraction of sp³-hybridized carbons (Fsp3) is 0.263. The number of nitrogens with zero attached hydrogens (tertiary/aromatic N) is 5. The van der Waals surface area contributed by atoms with E-state index in [0.717, 1.165) is 16.5 Å². The van der Waals surface area contributed by atoms with Gasteiger partial charge in [-0.3, -0.25) is 9.98 Å². The summed E-state index contributed by atoms with van der Waals surface area (Å²) in [5.74, 6) is 1.83. The maximum atomic E-state index is 6.05. The van der Waals surface area contributed by atoms with Gasteiger partial charge in [-0.05, 0) is 29.8 Å². The molecule has 1 aromatic carbocycles. The smallest absolute Gasteiger partial charge is 0.276 e. The van der Waals surface area contributed by atoms with Gasteiger partial charge < -0.3 is 14.7 Å². The summed E-state index contributed by atoms with van der Waals surface area (Å²) in [6.45, 7) is 1.33. The van der Waals surface area contributed by atoms with Crippen molar-refractivity contribution in [1.29, 1.82) is 0 Å². The molecule has 0 bridgehead atoms. The number of hydrogen-bond donors (Lipinski definition) is 1. The lowest BCUT2D eigenvalue weighted by Gasteiger charge is -2.22. The highest BCUT2D eigenvalue weighted by molar-refractivity contribution is 6.30. The standard InChI is InChI=1S/C19H21ClN6O/c1-21-19(26(2)13-14-6-5-7-15(20)12-14)23-11-9-17-24-18(27-25-17)16-8-3-4-10-22-16/h3-8,10,12H,9,11,13H2,1-2H3,(H,21,23). The summed E-state index contributed by atoms with van der Waals surface area (Å²) in [6.07, 6.45) is 2.31. The lowest BCUT2D eigenvalue weighted by molar-refractivity contribution is 0.420. The minimum Gasteiger partial charge on any atom is -0.356 e. The summed E-state index contributed by atoms with van der Waals surface area (Å²) in [5, 5.41) is 8.04. The van der Waals surface area contributed by atoms with E-state index in [1.807, 2.05) is 54.4 Å². The van der Waals surface area contributed by atoms with Gasteiger partial charge >= 0.3 is 0 Å². The summed E-state index contributed by atoms with van der Waals surface area (Å²) in [5.41, 5.74) is 1.78. The summed E-state index contributed by atoms with van der Waals surface area (Å²) in [4.78, 5) is 14.9. The van der Waals surface area contributed by atoms with Crippen LogP contribution in [0.1, 0.15) is 11.4 Å². The Kier molecular flexibility index (Phi) is 6.38. The number of rotatable bonds is 6. The van der Waals surface area contributed by atoms with Gasteiger partial charge in [-0.1, -0.05) is 35.0 Å². The van der Waals surface area contributed by atoms with Crippen LogP contribution in [0, 0.1) is 0 Å². The van der Waals surface area contributed by atoms with Crippen molar-refractivity contribution in [3.8, 4) is 11.6 Å². The van der Waals surface area contributed by atoms with E-state index in [0.29, 0.717) is 36.9 Å². The Hall–Kier alpha value is -2.93. The predicted molar refractivity (Wildman–Crippen MR) is 106 cm³/mol. The Morgan fingerprint density at radius 3 is 2.89 bits per heavy atom. The van der Waals surface area contributed by atoms with Crippen LogP contribution in [0.3, 0.4) is 0 Å². The summed E-state index contributed by atoms with van der Waals surface area (Å²) in [7, 11) is 3.73. The van der Waals surface area contributed by atoms with Crippen LogP contribution in [0.5, 0.6) is 0 Å². The van der Waals surface area contributed by atoms with E-state index in [1.54, 1.807) is 13.2 Å². The van der Waals surface area contributed by atoms with Crippen molar-refractivity contribution in [1.82, 2.24) is 25.3 Å². The monoisotopic (exact) mass is 384 g/mol. The number of aliphatic imine (C=N–C) groups is 1. The van der Waals surface area contributed by atoms with Crippen LogP contribution in [0.15, 0.2) is 58.2 Å². The van der Waals surface area contributed by atoms with Crippen molar-refractivity contribution in [2.24, 2.45) is 4.99 Å². The fourth-order valence-corrected chi connectivity index (χ4v) is 2.82. The molecule has 0 atom stereocenters. The SMILES string of the molecule is CN=C(NCCc1noc(-c2ccccn2)n1)N(C)Cc1cccc(Cl)c1. The molecule has 0 spiro atoms. The van der Waals surface area contributed by atoms with Crippen LogP contribution in [-0.4, -0.2) is 46.6 Å². The highest BCUT2D eigenvalue weighted by atomic mass is 35.5. The number of benzene rings is 1. The molecule has 3 rings (SSSR count). The highest BCUT2D eigenvalue weighted by Crippen LogP contribution is 2.14. The van der Waals surface area contributed by atoms with Crippen molar-refractivity contribution in [3.63, 3.8) is 0 Å². The lowest BCUT2D eigenvalue weighted by atomic mass is 10.2. The normalized spacial score (nSPS) is 11.4. The van der Waals surface area contributed by atoms with Crippen LogP contribution in [-0.2, 0) is 13.0 Å². The van der Waals surface area contributed by atoms with Gasteiger partial charge in [0.2, 0.25) is 0 Å². The number of nitrogens with one attached hydrogen (secondary N) is 1. The molecule has 2 heterocycles. The molecule has 3 aromatic rings. The number of aromatic nitrogens is 3. The van der Waals surface area contributed by atoms with Crippen LogP contribution >= 0.6 is 11.6 Å². The Morgan fingerprint density at radius 1 is 1.26 bits per heavy atom. The average Bonchev–Trinajstić information content (AvgIpc) is 3.15. The second-order valence-electron chi connectivity index (χ2n) is 5.94. The van der Waals surface area contributed by atoms with E-state index >= 15 is 0 Å².